The van der Waals surface area contributed by atoms with Crippen LogP contribution in [0.15, 0.2) is 22.1 Å². The first-order valence-corrected chi connectivity index (χ1v) is 6.62. The Labute approximate surface area is 123 Å². The predicted octanol–water partition coefficient (Wildman–Crippen LogP) is 2.71. The van der Waals surface area contributed by atoms with Crippen molar-refractivity contribution in [2.45, 2.75) is 45.9 Å². The van der Waals surface area contributed by atoms with Crippen molar-refractivity contribution in [2.75, 3.05) is 5.32 Å². The lowest BCUT2D eigenvalue weighted by atomic mass is 10.1. The summed E-state index contributed by atoms with van der Waals surface area (Å²) in [5.41, 5.74) is -0.347. The summed E-state index contributed by atoms with van der Waals surface area (Å²) in [6, 6.07) is 3.38. The van der Waals surface area contributed by atoms with E-state index < -0.39 is 17.7 Å². The average molecular weight is 293 g/mol. The Morgan fingerprint density at radius 2 is 1.67 bits per heavy atom. The van der Waals surface area contributed by atoms with Crippen LogP contribution in [-0.4, -0.2) is 23.3 Å². The molecule has 1 aliphatic rings. The number of carbonyl (C=O) groups is 2. The molecule has 0 aliphatic carbocycles. The number of furan rings is 1. The molecule has 6 nitrogen and oxygen atoms in total. The van der Waals surface area contributed by atoms with Gasteiger partial charge in [0.2, 0.25) is 0 Å². The van der Waals surface area contributed by atoms with Gasteiger partial charge in [0, 0.05) is 31.5 Å². The molecule has 0 amide bonds. The topological polar surface area (TPSA) is 77.8 Å². The largest absolute Gasteiger partial charge is 0.441 e. The third-order valence-corrected chi connectivity index (χ3v) is 2.53. The van der Waals surface area contributed by atoms with Gasteiger partial charge in [0.15, 0.2) is 5.88 Å². The van der Waals surface area contributed by atoms with Gasteiger partial charge >= 0.3 is 11.9 Å². The highest BCUT2D eigenvalue weighted by Crippen LogP contribution is 2.25. The second-order valence-electron chi connectivity index (χ2n) is 6.31. The van der Waals surface area contributed by atoms with Gasteiger partial charge in [-0.25, -0.2) is 9.59 Å². The Balaban J connectivity index is 2.20. The summed E-state index contributed by atoms with van der Waals surface area (Å²) >= 11 is 0. The summed E-state index contributed by atoms with van der Waals surface area (Å²) in [5, 5.41) is 3.15. The van der Waals surface area contributed by atoms with Crippen LogP contribution >= 0.6 is 0 Å². The van der Waals surface area contributed by atoms with Crippen LogP contribution in [0, 0.1) is 0 Å². The SMILES string of the molecule is CC(C)(C)Nc1ccc(C=C2C(=O)OC(C)(C)OC2=O)o1. The Morgan fingerprint density at radius 3 is 2.19 bits per heavy atom. The number of cyclic esters (lactones) is 2. The maximum Gasteiger partial charge on any atom is 0.348 e. The molecule has 0 atom stereocenters. The van der Waals surface area contributed by atoms with Gasteiger partial charge < -0.3 is 19.2 Å². The van der Waals surface area contributed by atoms with Gasteiger partial charge in [-0.3, -0.25) is 0 Å². The van der Waals surface area contributed by atoms with Gasteiger partial charge in [0.05, 0.1) is 0 Å². The lowest BCUT2D eigenvalue weighted by Crippen LogP contribution is -2.41. The molecule has 0 unspecified atom stereocenters. The molecule has 0 saturated carbocycles. The molecule has 1 saturated heterocycles. The number of ether oxygens (including phenoxy) is 2. The van der Waals surface area contributed by atoms with E-state index in [4.69, 9.17) is 13.9 Å². The molecule has 0 radical (unpaired) electrons. The number of carbonyl (C=O) groups excluding carboxylic acids is 2. The molecular formula is C15H19NO5. The Hall–Kier alpha value is -2.24. The van der Waals surface area contributed by atoms with E-state index in [2.05, 4.69) is 5.32 Å². The van der Waals surface area contributed by atoms with Gasteiger partial charge in [-0.05, 0) is 26.8 Å². The smallest absolute Gasteiger partial charge is 0.348 e. The van der Waals surface area contributed by atoms with E-state index >= 15 is 0 Å². The Kier molecular flexibility index (Phi) is 3.57. The van der Waals surface area contributed by atoms with E-state index in [0.29, 0.717) is 11.6 Å². The second kappa shape index (κ2) is 4.95. The number of anilines is 1. The molecule has 2 heterocycles. The van der Waals surface area contributed by atoms with Crippen LogP contribution in [0.5, 0.6) is 0 Å². The van der Waals surface area contributed by atoms with Crippen molar-refractivity contribution in [1.82, 2.24) is 0 Å². The van der Waals surface area contributed by atoms with Crippen molar-refractivity contribution in [2.24, 2.45) is 0 Å². The average Bonchev–Trinajstić information content (AvgIpc) is 2.67. The van der Waals surface area contributed by atoms with Crippen LogP contribution in [0.1, 0.15) is 40.4 Å². The fourth-order valence-corrected chi connectivity index (χ4v) is 1.79. The molecule has 1 aromatic heterocycles. The van der Waals surface area contributed by atoms with Gasteiger partial charge in [0.25, 0.3) is 5.79 Å². The van der Waals surface area contributed by atoms with Crippen molar-refractivity contribution in [1.29, 1.82) is 0 Å². The molecule has 0 spiro atoms. The molecule has 2 rings (SSSR count). The van der Waals surface area contributed by atoms with E-state index in [9.17, 15) is 9.59 Å². The highest BCUT2D eigenvalue weighted by molar-refractivity contribution is 6.18. The van der Waals surface area contributed by atoms with Crippen LogP contribution in [0.4, 0.5) is 5.88 Å². The number of hydrogen-bond acceptors (Lipinski definition) is 6. The Morgan fingerprint density at radius 1 is 1.10 bits per heavy atom. The van der Waals surface area contributed by atoms with Crippen molar-refractivity contribution in [3.8, 4) is 0 Å². The third-order valence-electron chi connectivity index (χ3n) is 2.53. The minimum absolute atomic E-state index is 0.158. The summed E-state index contributed by atoms with van der Waals surface area (Å²) in [6.07, 6.45) is 1.31. The lowest BCUT2D eigenvalue weighted by molar-refractivity contribution is -0.222. The molecule has 0 bridgehead atoms. The van der Waals surface area contributed by atoms with Crippen LogP contribution in [0.2, 0.25) is 0 Å². The molecule has 114 valence electrons. The van der Waals surface area contributed by atoms with Gasteiger partial charge in [-0.1, -0.05) is 0 Å². The maximum absolute atomic E-state index is 11.8. The monoisotopic (exact) mass is 293 g/mol. The van der Waals surface area contributed by atoms with Crippen molar-refractivity contribution in [3.05, 3.63) is 23.5 Å². The van der Waals surface area contributed by atoms with Crippen LogP contribution in [-0.2, 0) is 19.1 Å². The highest BCUT2D eigenvalue weighted by Gasteiger charge is 2.39. The van der Waals surface area contributed by atoms with E-state index in [0.717, 1.165) is 0 Å². The molecule has 0 aromatic carbocycles. The number of esters is 2. The third kappa shape index (κ3) is 3.87. The minimum atomic E-state index is -1.24. The van der Waals surface area contributed by atoms with Crippen LogP contribution < -0.4 is 5.32 Å². The van der Waals surface area contributed by atoms with Gasteiger partial charge in [0.1, 0.15) is 11.3 Å². The first-order valence-electron chi connectivity index (χ1n) is 6.62. The molecule has 1 N–H and O–H groups in total. The zero-order chi connectivity index (χ0) is 15.8. The number of rotatable bonds is 2. The summed E-state index contributed by atoms with van der Waals surface area (Å²) in [7, 11) is 0. The first kappa shape index (κ1) is 15.2. The van der Waals surface area contributed by atoms with Gasteiger partial charge in [-0.2, -0.15) is 0 Å². The Bertz CT molecular complexity index is 582. The number of hydrogen-bond donors (Lipinski definition) is 1. The first-order chi connectivity index (χ1) is 9.56. The fourth-order valence-electron chi connectivity index (χ4n) is 1.79. The summed E-state index contributed by atoms with van der Waals surface area (Å²) in [6.45, 7) is 8.97. The molecule has 1 aromatic rings. The van der Waals surface area contributed by atoms with E-state index in [-0.39, 0.29) is 11.1 Å². The fraction of sp³-hybridized carbons (Fsp3) is 0.467. The zero-order valence-electron chi connectivity index (χ0n) is 12.8. The van der Waals surface area contributed by atoms with E-state index in [1.54, 1.807) is 12.1 Å². The van der Waals surface area contributed by atoms with E-state index in [1.807, 2.05) is 20.8 Å². The van der Waals surface area contributed by atoms with Crippen LogP contribution in [0.3, 0.4) is 0 Å². The number of nitrogens with one attached hydrogen (secondary N) is 1. The van der Waals surface area contributed by atoms with Crippen molar-refractivity contribution >= 4 is 23.9 Å². The van der Waals surface area contributed by atoms with E-state index in [1.165, 1.54) is 19.9 Å². The van der Waals surface area contributed by atoms with Crippen molar-refractivity contribution in [3.63, 3.8) is 0 Å². The molecule has 1 aliphatic heterocycles. The minimum Gasteiger partial charge on any atom is -0.441 e. The molecule has 21 heavy (non-hydrogen) atoms. The van der Waals surface area contributed by atoms with Crippen LogP contribution in [0.25, 0.3) is 6.08 Å². The zero-order valence-corrected chi connectivity index (χ0v) is 12.8. The van der Waals surface area contributed by atoms with Gasteiger partial charge in [-0.15, -0.1) is 0 Å². The summed E-state index contributed by atoms with van der Waals surface area (Å²) in [4.78, 5) is 23.6. The molecule has 6 heteroatoms. The highest BCUT2D eigenvalue weighted by atomic mass is 16.7. The summed E-state index contributed by atoms with van der Waals surface area (Å²) < 4.78 is 15.5. The predicted molar refractivity (Wildman–Crippen MR) is 76.3 cm³/mol. The summed E-state index contributed by atoms with van der Waals surface area (Å²) in [5.74, 6) is -1.78. The standard InChI is InChI=1S/C15H19NO5/c1-14(2,3)16-11-7-6-9(19-11)8-10-12(17)20-15(4,5)21-13(10)18/h6-8,16H,1-5H3. The second-order valence-corrected chi connectivity index (χ2v) is 6.31. The molecule has 1 fully saturated rings. The maximum atomic E-state index is 11.8. The molecular weight excluding hydrogens is 274 g/mol. The normalized spacial score (nSPS) is 18.0. The quantitative estimate of drug-likeness (QED) is 0.513. The van der Waals surface area contributed by atoms with Crippen molar-refractivity contribution < 1.29 is 23.5 Å². The lowest BCUT2D eigenvalue weighted by Gasteiger charge is -2.29.